The highest BCUT2D eigenvalue weighted by molar-refractivity contribution is 6.03. The average Bonchev–Trinajstić information content (AvgIpc) is 2.64. The highest BCUT2D eigenvalue weighted by Crippen LogP contribution is 2.28. The van der Waals surface area contributed by atoms with Crippen LogP contribution in [0.25, 0.3) is 0 Å². The number of amides is 2. The molecule has 2 atom stereocenters. The van der Waals surface area contributed by atoms with Gasteiger partial charge in [0.15, 0.2) is 6.10 Å². The number of esters is 2. The molecule has 3 rings (SSSR count). The number of morpholine rings is 1. The normalized spacial score (nSPS) is 19.8. The molecule has 2 aliphatic heterocycles. The van der Waals surface area contributed by atoms with Gasteiger partial charge in [0.05, 0.1) is 6.61 Å². The lowest BCUT2D eigenvalue weighted by atomic mass is 10.0. The molecule has 9 nitrogen and oxygen atoms in total. The van der Waals surface area contributed by atoms with Gasteiger partial charge in [0.25, 0.3) is 11.8 Å². The number of rotatable bonds is 5. The zero-order chi connectivity index (χ0) is 23.6. The van der Waals surface area contributed by atoms with E-state index in [1.54, 1.807) is 43.9 Å². The molecule has 174 valence electrons. The third kappa shape index (κ3) is 5.27. The van der Waals surface area contributed by atoms with Crippen LogP contribution in [0.2, 0.25) is 0 Å². The van der Waals surface area contributed by atoms with Crippen molar-refractivity contribution >= 4 is 29.4 Å². The fourth-order valence-electron chi connectivity index (χ4n) is 3.57. The van der Waals surface area contributed by atoms with Crippen LogP contribution in [0.4, 0.5) is 5.69 Å². The van der Waals surface area contributed by atoms with Crippen LogP contribution in [0, 0.1) is 6.92 Å². The fraction of sp³-hybridized carbons (Fsp3) is 0.565. The molecule has 0 spiro atoms. The van der Waals surface area contributed by atoms with Crippen LogP contribution in [-0.2, 0) is 28.6 Å². The van der Waals surface area contributed by atoms with Crippen LogP contribution in [-0.4, -0.2) is 72.7 Å². The van der Waals surface area contributed by atoms with Crippen molar-refractivity contribution in [2.45, 2.75) is 58.8 Å². The van der Waals surface area contributed by atoms with Crippen molar-refractivity contribution in [3.8, 4) is 0 Å². The molecule has 2 heterocycles. The molecular weight excluding hydrogens is 416 g/mol. The van der Waals surface area contributed by atoms with Crippen LogP contribution < -0.4 is 4.90 Å². The van der Waals surface area contributed by atoms with Crippen LogP contribution in [0.1, 0.15) is 50.0 Å². The summed E-state index contributed by atoms with van der Waals surface area (Å²) in [6.45, 7) is 9.82. The number of hydrogen-bond acceptors (Lipinski definition) is 7. The molecule has 32 heavy (non-hydrogen) atoms. The summed E-state index contributed by atoms with van der Waals surface area (Å²) in [4.78, 5) is 53.6. The Labute approximate surface area is 187 Å². The Morgan fingerprint density at radius 3 is 2.41 bits per heavy atom. The first-order valence-corrected chi connectivity index (χ1v) is 10.7. The van der Waals surface area contributed by atoms with Crippen molar-refractivity contribution in [2.24, 2.45) is 0 Å². The quantitative estimate of drug-likeness (QED) is 0.636. The summed E-state index contributed by atoms with van der Waals surface area (Å²) >= 11 is 0. The number of benzene rings is 1. The summed E-state index contributed by atoms with van der Waals surface area (Å²) in [6.07, 6.45) is -1.90. The minimum Gasteiger partial charge on any atom is -0.457 e. The maximum absolute atomic E-state index is 13.4. The maximum atomic E-state index is 13.4. The minimum absolute atomic E-state index is 0.0821. The number of aryl methyl sites for hydroxylation is 1. The van der Waals surface area contributed by atoms with Crippen molar-refractivity contribution < 1.29 is 33.4 Å². The Morgan fingerprint density at radius 1 is 1.16 bits per heavy atom. The van der Waals surface area contributed by atoms with Gasteiger partial charge < -0.3 is 24.0 Å². The van der Waals surface area contributed by atoms with Gasteiger partial charge in [0, 0.05) is 37.8 Å². The summed E-state index contributed by atoms with van der Waals surface area (Å²) in [7, 11) is 0. The molecular formula is C23H30N2O7. The smallest absolute Gasteiger partial charge is 0.351 e. The Bertz CT molecular complexity index is 917. The van der Waals surface area contributed by atoms with E-state index in [1.165, 1.54) is 4.90 Å². The number of anilines is 1. The van der Waals surface area contributed by atoms with Gasteiger partial charge in [-0.25, -0.2) is 4.79 Å². The standard InChI is InChI=1S/C23H30N2O7/c1-14-7-8-16(20(27)24-9-6-10-24)13-17(14)25-11-12-30-18(21(25)28)19(31-15(2)26)22(29)32-23(3,4)5/h7-8,13,18-19H,6,9-12H2,1-5H3. The van der Waals surface area contributed by atoms with E-state index in [2.05, 4.69) is 0 Å². The Morgan fingerprint density at radius 2 is 1.84 bits per heavy atom. The molecule has 0 aromatic heterocycles. The number of carbonyl (C=O) groups excluding carboxylic acids is 4. The monoisotopic (exact) mass is 446 g/mol. The molecule has 0 aliphatic carbocycles. The molecule has 9 heteroatoms. The van der Waals surface area contributed by atoms with Crippen molar-refractivity contribution in [3.63, 3.8) is 0 Å². The number of nitrogens with zero attached hydrogens (tertiary/aromatic N) is 2. The molecule has 2 saturated heterocycles. The van der Waals surface area contributed by atoms with Crippen LogP contribution in [0.15, 0.2) is 18.2 Å². The van der Waals surface area contributed by atoms with Gasteiger partial charge in [-0.15, -0.1) is 0 Å². The average molecular weight is 447 g/mol. The Hall–Kier alpha value is -2.94. The second-order valence-corrected chi connectivity index (χ2v) is 8.99. The van der Waals surface area contributed by atoms with E-state index >= 15 is 0 Å². The fourth-order valence-corrected chi connectivity index (χ4v) is 3.57. The molecule has 2 fully saturated rings. The van der Waals surface area contributed by atoms with E-state index in [1.807, 2.05) is 6.92 Å². The third-order valence-corrected chi connectivity index (χ3v) is 5.22. The molecule has 0 N–H and O–H groups in total. The first kappa shape index (κ1) is 23.7. The zero-order valence-electron chi connectivity index (χ0n) is 19.2. The summed E-state index contributed by atoms with van der Waals surface area (Å²) in [5.41, 5.74) is 1.00. The second kappa shape index (κ2) is 9.28. The van der Waals surface area contributed by atoms with Crippen LogP contribution in [0.3, 0.4) is 0 Å². The lowest BCUT2D eigenvalue weighted by molar-refractivity contribution is -0.188. The molecule has 1 aromatic rings. The highest BCUT2D eigenvalue weighted by Gasteiger charge is 2.44. The summed E-state index contributed by atoms with van der Waals surface area (Å²) in [6, 6.07) is 5.21. The number of ether oxygens (including phenoxy) is 3. The molecule has 2 unspecified atom stereocenters. The summed E-state index contributed by atoms with van der Waals surface area (Å²) in [5.74, 6) is -2.20. The number of hydrogen-bond donors (Lipinski definition) is 0. The van der Waals surface area contributed by atoms with Gasteiger partial charge in [0.1, 0.15) is 5.60 Å². The third-order valence-electron chi connectivity index (χ3n) is 5.22. The number of carbonyl (C=O) groups is 4. The van der Waals surface area contributed by atoms with Gasteiger partial charge in [0.2, 0.25) is 6.10 Å². The van der Waals surface area contributed by atoms with Crippen molar-refractivity contribution in [1.82, 2.24) is 4.90 Å². The van der Waals surface area contributed by atoms with Crippen molar-refractivity contribution in [2.75, 3.05) is 31.1 Å². The van der Waals surface area contributed by atoms with E-state index in [-0.39, 0.29) is 19.1 Å². The predicted octanol–water partition coefficient (Wildman–Crippen LogP) is 1.85. The first-order chi connectivity index (χ1) is 15.0. The largest absolute Gasteiger partial charge is 0.457 e. The van der Waals surface area contributed by atoms with Gasteiger partial charge in [-0.3, -0.25) is 14.4 Å². The van der Waals surface area contributed by atoms with E-state index in [0.29, 0.717) is 11.3 Å². The molecule has 0 bridgehead atoms. The maximum Gasteiger partial charge on any atom is 0.351 e. The van der Waals surface area contributed by atoms with E-state index in [0.717, 1.165) is 32.0 Å². The zero-order valence-corrected chi connectivity index (χ0v) is 19.2. The summed E-state index contributed by atoms with van der Waals surface area (Å²) < 4.78 is 16.1. The molecule has 0 radical (unpaired) electrons. The lowest BCUT2D eigenvalue weighted by Gasteiger charge is -2.36. The van der Waals surface area contributed by atoms with Crippen LogP contribution in [0.5, 0.6) is 0 Å². The highest BCUT2D eigenvalue weighted by atomic mass is 16.6. The van der Waals surface area contributed by atoms with E-state index in [4.69, 9.17) is 14.2 Å². The van der Waals surface area contributed by atoms with Crippen molar-refractivity contribution in [3.05, 3.63) is 29.3 Å². The van der Waals surface area contributed by atoms with Crippen LogP contribution >= 0.6 is 0 Å². The summed E-state index contributed by atoms with van der Waals surface area (Å²) in [5, 5.41) is 0. The van der Waals surface area contributed by atoms with Gasteiger partial charge in [-0.05, 0) is 51.8 Å². The molecule has 2 amide bonds. The Balaban J connectivity index is 1.88. The lowest BCUT2D eigenvalue weighted by Crippen LogP contribution is -2.56. The van der Waals surface area contributed by atoms with Gasteiger partial charge in [-0.2, -0.15) is 0 Å². The number of likely N-dealkylation sites (tertiary alicyclic amines) is 1. The molecule has 0 saturated carbocycles. The minimum atomic E-state index is -1.53. The molecule has 2 aliphatic rings. The second-order valence-electron chi connectivity index (χ2n) is 8.99. The van der Waals surface area contributed by atoms with Crippen molar-refractivity contribution in [1.29, 1.82) is 0 Å². The van der Waals surface area contributed by atoms with E-state index in [9.17, 15) is 19.2 Å². The van der Waals surface area contributed by atoms with Gasteiger partial charge in [-0.1, -0.05) is 6.07 Å². The van der Waals surface area contributed by atoms with E-state index < -0.39 is 35.7 Å². The SMILES string of the molecule is CC(=O)OC(C(=O)OC(C)(C)C)C1OCCN(c2cc(C(=O)N3CCC3)ccc2C)C1=O. The first-order valence-electron chi connectivity index (χ1n) is 10.7. The topological polar surface area (TPSA) is 102 Å². The molecule has 1 aromatic carbocycles. The van der Waals surface area contributed by atoms with Gasteiger partial charge >= 0.3 is 11.9 Å². The Kier molecular flexibility index (Phi) is 6.88. The predicted molar refractivity (Wildman–Crippen MR) is 115 cm³/mol.